The van der Waals surface area contributed by atoms with E-state index in [-0.39, 0.29) is 23.6 Å². The fourth-order valence-electron chi connectivity index (χ4n) is 1.73. The molecule has 0 aliphatic heterocycles. The third-order valence-electron chi connectivity index (χ3n) is 3.00. The van der Waals surface area contributed by atoms with E-state index >= 15 is 0 Å². The van der Waals surface area contributed by atoms with E-state index in [0.29, 0.717) is 13.1 Å². The molecule has 0 aliphatic carbocycles. The van der Waals surface area contributed by atoms with E-state index in [4.69, 9.17) is 0 Å². The number of halogens is 2. The maximum Gasteiger partial charge on any atom is 0.387 e. The lowest BCUT2D eigenvalue weighted by atomic mass is 10.1. The first kappa shape index (κ1) is 17.4. The Hall–Kier alpha value is -1.69. The number of ether oxygens (including phenoxy) is 1. The quantitative estimate of drug-likeness (QED) is 0.726. The van der Waals surface area contributed by atoms with Crippen LogP contribution in [0.2, 0.25) is 0 Å². The summed E-state index contributed by atoms with van der Waals surface area (Å²) in [6.45, 7) is 4.02. The number of rotatable bonds is 8. The molecule has 1 atom stereocenters. The average molecular weight is 300 g/mol. The molecule has 1 aromatic rings. The Morgan fingerprint density at radius 2 is 1.76 bits per heavy atom. The SMILES string of the molecule is CC(C)C(=O)NCCNC(C)c1ccc(OC(F)F)cc1. The predicted molar refractivity (Wildman–Crippen MR) is 77.3 cm³/mol. The molecule has 0 bridgehead atoms. The van der Waals surface area contributed by atoms with Crippen LogP contribution >= 0.6 is 0 Å². The molecule has 6 heteroatoms. The molecule has 1 amide bonds. The first-order chi connectivity index (χ1) is 9.90. The van der Waals surface area contributed by atoms with Crippen molar-refractivity contribution in [2.75, 3.05) is 13.1 Å². The zero-order valence-electron chi connectivity index (χ0n) is 12.5. The van der Waals surface area contributed by atoms with Gasteiger partial charge in [0, 0.05) is 25.0 Å². The molecule has 21 heavy (non-hydrogen) atoms. The summed E-state index contributed by atoms with van der Waals surface area (Å²) in [5.74, 6) is 0.146. The number of hydrogen-bond donors (Lipinski definition) is 2. The lowest BCUT2D eigenvalue weighted by molar-refractivity contribution is -0.123. The first-order valence-corrected chi connectivity index (χ1v) is 6.96. The Balaban J connectivity index is 2.35. The van der Waals surface area contributed by atoms with E-state index < -0.39 is 6.61 Å². The van der Waals surface area contributed by atoms with Gasteiger partial charge in [0.05, 0.1) is 0 Å². The van der Waals surface area contributed by atoms with Crippen molar-refractivity contribution in [1.29, 1.82) is 0 Å². The normalized spacial score (nSPS) is 12.5. The van der Waals surface area contributed by atoms with Gasteiger partial charge < -0.3 is 15.4 Å². The highest BCUT2D eigenvalue weighted by Crippen LogP contribution is 2.18. The Morgan fingerprint density at radius 1 is 1.14 bits per heavy atom. The van der Waals surface area contributed by atoms with Crippen molar-refractivity contribution >= 4 is 5.91 Å². The Labute approximate surface area is 123 Å². The van der Waals surface area contributed by atoms with Crippen LogP contribution in [-0.2, 0) is 4.79 Å². The molecule has 0 aliphatic rings. The highest BCUT2D eigenvalue weighted by molar-refractivity contribution is 5.77. The Kier molecular flexibility index (Phi) is 7.08. The second-order valence-corrected chi connectivity index (χ2v) is 5.07. The lowest BCUT2D eigenvalue weighted by Gasteiger charge is -2.15. The average Bonchev–Trinajstić information content (AvgIpc) is 2.43. The van der Waals surface area contributed by atoms with Crippen LogP contribution in [0.4, 0.5) is 8.78 Å². The van der Waals surface area contributed by atoms with Gasteiger partial charge in [0.25, 0.3) is 0 Å². The van der Waals surface area contributed by atoms with Gasteiger partial charge in [-0.25, -0.2) is 0 Å². The van der Waals surface area contributed by atoms with Gasteiger partial charge in [-0.15, -0.1) is 0 Å². The number of benzene rings is 1. The molecule has 4 nitrogen and oxygen atoms in total. The summed E-state index contributed by atoms with van der Waals surface area (Å²) in [7, 11) is 0. The van der Waals surface area contributed by atoms with Gasteiger partial charge in [-0.3, -0.25) is 4.79 Å². The van der Waals surface area contributed by atoms with Crippen molar-refractivity contribution in [2.24, 2.45) is 5.92 Å². The van der Waals surface area contributed by atoms with E-state index in [9.17, 15) is 13.6 Å². The summed E-state index contributed by atoms with van der Waals surface area (Å²) < 4.78 is 28.4. The predicted octanol–water partition coefficient (Wildman–Crippen LogP) is 2.71. The van der Waals surface area contributed by atoms with Crippen LogP contribution in [0.15, 0.2) is 24.3 Å². The van der Waals surface area contributed by atoms with Gasteiger partial charge in [-0.05, 0) is 24.6 Å². The minimum Gasteiger partial charge on any atom is -0.435 e. The summed E-state index contributed by atoms with van der Waals surface area (Å²) in [4.78, 5) is 11.4. The third-order valence-corrected chi connectivity index (χ3v) is 3.00. The highest BCUT2D eigenvalue weighted by atomic mass is 19.3. The van der Waals surface area contributed by atoms with Gasteiger partial charge in [0.1, 0.15) is 5.75 Å². The molecular formula is C15H22F2N2O2. The number of alkyl halides is 2. The second kappa shape index (κ2) is 8.56. The van der Waals surface area contributed by atoms with Crippen molar-refractivity contribution in [1.82, 2.24) is 10.6 Å². The van der Waals surface area contributed by atoms with E-state index in [2.05, 4.69) is 15.4 Å². The fraction of sp³-hybridized carbons (Fsp3) is 0.533. The van der Waals surface area contributed by atoms with Crippen LogP contribution in [0.25, 0.3) is 0 Å². The van der Waals surface area contributed by atoms with Crippen LogP contribution in [0, 0.1) is 5.92 Å². The Bertz CT molecular complexity index is 436. The molecule has 0 saturated heterocycles. The zero-order valence-corrected chi connectivity index (χ0v) is 12.5. The summed E-state index contributed by atoms with van der Waals surface area (Å²) in [5, 5.41) is 6.06. The molecule has 0 fully saturated rings. The van der Waals surface area contributed by atoms with Crippen molar-refractivity contribution in [3.63, 3.8) is 0 Å². The van der Waals surface area contributed by atoms with E-state index in [1.165, 1.54) is 12.1 Å². The summed E-state index contributed by atoms with van der Waals surface area (Å²) in [5.41, 5.74) is 0.965. The molecule has 0 radical (unpaired) electrons. The molecule has 1 rings (SSSR count). The first-order valence-electron chi connectivity index (χ1n) is 6.96. The van der Waals surface area contributed by atoms with Gasteiger partial charge in [-0.1, -0.05) is 26.0 Å². The largest absolute Gasteiger partial charge is 0.435 e. The maximum absolute atomic E-state index is 12.0. The van der Waals surface area contributed by atoms with Crippen LogP contribution in [0.3, 0.4) is 0 Å². The van der Waals surface area contributed by atoms with Crippen LogP contribution < -0.4 is 15.4 Å². The van der Waals surface area contributed by atoms with Gasteiger partial charge >= 0.3 is 6.61 Å². The van der Waals surface area contributed by atoms with Crippen LogP contribution in [0.1, 0.15) is 32.4 Å². The molecule has 1 unspecified atom stereocenters. The lowest BCUT2D eigenvalue weighted by Crippen LogP contribution is -2.35. The smallest absolute Gasteiger partial charge is 0.387 e. The fourth-order valence-corrected chi connectivity index (χ4v) is 1.73. The summed E-state index contributed by atoms with van der Waals surface area (Å²) in [6, 6.07) is 6.56. The number of carbonyl (C=O) groups excluding carboxylic acids is 1. The molecule has 0 saturated carbocycles. The third kappa shape index (κ3) is 6.53. The van der Waals surface area contributed by atoms with E-state index in [1.807, 2.05) is 20.8 Å². The summed E-state index contributed by atoms with van der Waals surface area (Å²) in [6.07, 6.45) is 0. The van der Waals surface area contributed by atoms with Crippen molar-refractivity contribution < 1.29 is 18.3 Å². The van der Waals surface area contributed by atoms with Crippen molar-refractivity contribution in [2.45, 2.75) is 33.4 Å². The molecule has 118 valence electrons. The Morgan fingerprint density at radius 3 is 2.29 bits per heavy atom. The number of hydrogen-bond acceptors (Lipinski definition) is 3. The van der Waals surface area contributed by atoms with Crippen molar-refractivity contribution in [3.8, 4) is 5.75 Å². The molecule has 0 aromatic heterocycles. The van der Waals surface area contributed by atoms with Crippen molar-refractivity contribution in [3.05, 3.63) is 29.8 Å². The molecular weight excluding hydrogens is 278 g/mol. The van der Waals surface area contributed by atoms with Crippen LogP contribution in [0.5, 0.6) is 5.75 Å². The minimum atomic E-state index is -2.81. The second-order valence-electron chi connectivity index (χ2n) is 5.07. The topological polar surface area (TPSA) is 50.4 Å². The molecule has 0 spiro atoms. The van der Waals surface area contributed by atoms with Gasteiger partial charge in [0.2, 0.25) is 5.91 Å². The van der Waals surface area contributed by atoms with E-state index in [1.54, 1.807) is 12.1 Å². The van der Waals surface area contributed by atoms with Crippen LogP contribution in [-0.4, -0.2) is 25.6 Å². The van der Waals surface area contributed by atoms with Gasteiger partial charge in [-0.2, -0.15) is 8.78 Å². The maximum atomic E-state index is 12.0. The number of amides is 1. The molecule has 2 N–H and O–H groups in total. The molecule has 1 aromatic carbocycles. The number of carbonyl (C=O) groups is 1. The highest BCUT2D eigenvalue weighted by Gasteiger charge is 2.08. The molecule has 0 heterocycles. The standard InChI is InChI=1S/C15H22F2N2O2/c1-10(2)14(20)19-9-8-18-11(3)12-4-6-13(7-5-12)21-15(16)17/h4-7,10-11,15,18H,8-9H2,1-3H3,(H,19,20). The minimum absolute atomic E-state index is 0.0233. The summed E-state index contributed by atoms with van der Waals surface area (Å²) >= 11 is 0. The van der Waals surface area contributed by atoms with Gasteiger partial charge in [0.15, 0.2) is 0 Å². The monoisotopic (exact) mass is 300 g/mol. The van der Waals surface area contributed by atoms with E-state index in [0.717, 1.165) is 5.56 Å². The zero-order chi connectivity index (χ0) is 15.8. The number of nitrogens with one attached hydrogen (secondary N) is 2.